The summed E-state index contributed by atoms with van der Waals surface area (Å²) in [5.74, 6) is -0.690. The van der Waals surface area contributed by atoms with Crippen molar-refractivity contribution in [2.24, 2.45) is 5.92 Å². The van der Waals surface area contributed by atoms with E-state index in [0.29, 0.717) is 17.6 Å². The maximum absolute atomic E-state index is 12.6. The Morgan fingerprint density at radius 3 is 2.81 bits per heavy atom. The summed E-state index contributed by atoms with van der Waals surface area (Å²) in [4.78, 5) is 26.6. The minimum atomic E-state index is -0.422. The zero-order valence-electron chi connectivity index (χ0n) is 14.7. The van der Waals surface area contributed by atoms with E-state index >= 15 is 0 Å². The van der Waals surface area contributed by atoms with Gasteiger partial charge in [0.25, 0.3) is 0 Å². The Labute approximate surface area is 155 Å². The molecule has 1 aliphatic heterocycles. The number of hydrogen-bond donors (Lipinski definition) is 2. The second-order valence-corrected chi connectivity index (χ2v) is 6.67. The average Bonchev–Trinajstić information content (AvgIpc) is 3.25. The molecule has 2 N–H and O–H groups in total. The molecule has 134 valence electrons. The minimum absolute atomic E-state index is 0.0592. The lowest BCUT2D eigenvalue weighted by Crippen LogP contribution is -2.28. The number of nitriles is 1. The number of carbonyl (C=O) groups is 2. The van der Waals surface area contributed by atoms with Crippen molar-refractivity contribution < 1.29 is 9.59 Å². The fourth-order valence-corrected chi connectivity index (χ4v) is 3.28. The first kappa shape index (κ1) is 16.8. The number of benzene rings is 2. The quantitative estimate of drug-likeness (QED) is 0.750. The van der Waals surface area contributed by atoms with Crippen LogP contribution in [0.1, 0.15) is 17.7 Å². The van der Waals surface area contributed by atoms with Gasteiger partial charge < -0.3 is 10.2 Å². The van der Waals surface area contributed by atoms with Crippen molar-refractivity contribution in [3.63, 3.8) is 0 Å². The summed E-state index contributed by atoms with van der Waals surface area (Å²) in [5.41, 5.74) is 3.51. The van der Waals surface area contributed by atoms with Crippen LogP contribution in [0.4, 0.5) is 11.4 Å². The van der Waals surface area contributed by atoms with Gasteiger partial charge in [0.2, 0.25) is 11.8 Å². The van der Waals surface area contributed by atoms with Crippen LogP contribution in [0, 0.1) is 24.2 Å². The van der Waals surface area contributed by atoms with Gasteiger partial charge in [0.05, 0.1) is 11.4 Å². The van der Waals surface area contributed by atoms with Crippen LogP contribution < -0.4 is 10.2 Å². The molecule has 0 spiro atoms. The number of nitrogens with one attached hydrogen (secondary N) is 2. The van der Waals surface area contributed by atoms with Crippen LogP contribution in [0.15, 0.2) is 42.5 Å². The molecule has 1 saturated heterocycles. The molecular weight excluding hydrogens is 342 g/mol. The van der Waals surface area contributed by atoms with Gasteiger partial charge in [0.15, 0.2) is 5.69 Å². The van der Waals surface area contributed by atoms with Gasteiger partial charge in [-0.3, -0.25) is 14.7 Å². The van der Waals surface area contributed by atoms with E-state index in [1.165, 1.54) is 0 Å². The third-order valence-electron chi connectivity index (χ3n) is 4.78. The molecule has 7 heteroatoms. The number of aromatic amines is 1. The van der Waals surface area contributed by atoms with E-state index < -0.39 is 5.92 Å². The first-order valence-electron chi connectivity index (χ1n) is 8.61. The van der Waals surface area contributed by atoms with Crippen LogP contribution >= 0.6 is 0 Å². The number of nitrogens with zero attached hydrogens (tertiary/aromatic N) is 3. The lowest BCUT2D eigenvalue weighted by Gasteiger charge is -2.17. The van der Waals surface area contributed by atoms with Gasteiger partial charge in [-0.1, -0.05) is 17.7 Å². The Kier molecular flexibility index (Phi) is 4.09. The van der Waals surface area contributed by atoms with Crippen molar-refractivity contribution in [3.05, 3.63) is 53.7 Å². The zero-order valence-corrected chi connectivity index (χ0v) is 14.7. The molecule has 3 aromatic rings. The van der Waals surface area contributed by atoms with Crippen LogP contribution in [0.5, 0.6) is 0 Å². The molecule has 1 aromatic heterocycles. The maximum atomic E-state index is 12.6. The zero-order chi connectivity index (χ0) is 19.0. The SMILES string of the molecule is Cc1ccc(N2CC(C(=O)Nc3ccc4[nH]nc(C#N)c4c3)CC2=O)cc1. The third kappa shape index (κ3) is 3.13. The normalized spacial score (nSPS) is 16.5. The molecule has 1 fully saturated rings. The maximum Gasteiger partial charge on any atom is 0.229 e. The van der Waals surface area contributed by atoms with E-state index in [1.54, 1.807) is 23.1 Å². The van der Waals surface area contributed by atoms with Gasteiger partial charge in [-0.05, 0) is 37.3 Å². The van der Waals surface area contributed by atoms with Crippen LogP contribution in [0.3, 0.4) is 0 Å². The Balaban J connectivity index is 1.50. The second kappa shape index (κ2) is 6.57. The van der Waals surface area contributed by atoms with Crippen molar-refractivity contribution in [2.75, 3.05) is 16.8 Å². The number of carbonyl (C=O) groups excluding carboxylic acids is 2. The number of amides is 2. The van der Waals surface area contributed by atoms with Crippen molar-refractivity contribution in [3.8, 4) is 6.07 Å². The molecule has 7 nitrogen and oxygen atoms in total. The fraction of sp³-hybridized carbons (Fsp3) is 0.200. The lowest BCUT2D eigenvalue weighted by atomic mass is 10.1. The Morgan fingerprint density at radius 2 is 2.07 bits per heavy atom. The predicted molar refractivity (Wildman–Crippen MR) is 101 cm³/mol. The first-order chi connectivity index (χ1) is 13.0. The van der Waals surface area contributed by atoms with Gasteiger partial charge in [-0.2, -0.15) is 10.4 Å². The molecule has 4 rings (SSSR count). The standard InChI is InChI=1S/C20H17N5O2/c1-12-2-5-15(6-3-12)25-11-13(8-19(25)26)20(27)22-14-4-7-17-16(9-14)18(10-21)24-23-17/h2-7,9,13H,8,11H2,1H3,(H,22,27)(H,23,24). The molecule has 0 bridgehead atoms. The second-order valence-electron chi connectivity index (χ2n) is 6.67. The van der Waals surface area contributed by atoms with Crippen molar-refractivity contribution >= 4 is 34.1 Å². The first-order valence-corrected chi connectivity index (χ1v) is 8.61. The van der Waals surface area contributed by atoms with Crippen molar-refractivity contribution in [2.45, 2.75) is 13.3 Å². The molecular formula is C20H17N5O2. The van der Waals surface area contributed by atoms with E-state index in [-0.39, 0.29) is 23.9 Å². The van der Waals surface area contributed by atoms with Crippen LogP contribution in [0.2, 0.25) is 0 Å². The average molecular weight is 359 g/mol. The summed E-state index contributed by atoms with van der Waals surface area (Å²) in [6.45, 7) is 2.34. The van der Waals surface area contributed by atoms with Crippen molar-refractivity contribution in [1.29, 1.82) is 5.26 Å². The molecule has 0 radical (unpaired) electrons. The molecule has 27 heavy (non-hydrogen) atoms. The highest BCUT2D eigenvalue weighted by atomic mass is 16.2. The number of rotatable bonds is 3. The fourth-order valence-electron chi connectivity index (χ4n) is 3.28. The summed E-state index contributed by atoms with van der Waals surface area (Å²) < 4.78 is 0. The largest absolute Gasteiger partial charge is 0.326 e. The topological polar surface area (TPSA) is 102 Å². The molecule has 2 heterocycles. The third-order valence-corrected chi connectivity index (χ3v) is 4.78. The number of fused-ring (bicyclic) bond motifs is 1. The van der Waals surface area contributed by atoms with Crippen LogP contribution in [-0.4, -0.2) is 28.6 Å². The summed E-state index contributed by atoms with van der Waals surface area (Å²) in [6, 6.07) is 14.9. The van der Waals surface area contributed by atoms with Gasteiger partial charge in [-0.15, -0.1) is 0 Å². The lowest BCUT2D eigenvalue weighted by molar-refractivity contribution is -0.122. The van der Waals surface area contributed by atoms with Gasteiger partial charge in [-0.25, -0.2) is 0 Å². The number of hydrogen-bond acceptors (Lipinski definition) is 4. The molecule has 1 unspecified atom stereocenters. The van der Waals surface area contributed by atoms with Crippen molar-refractivity contribution in [1.82, 2.24) is 10.2 Å². The minimum Gasteiger partial charge on any atom is -0.326 e. The number of H-pyrrole nitrogens is 1. The van der Waals surface area contributed by atoms with E-state index in [0.717, 1.165) is 16.8 Å². The van der Waals surface area contributed by atoms with E-state index in [4.69, 9.17) is 5.26 Å². The molecule has 2 aromatic carbocycles. The highest BCUT2D eigenvalue weighted by molar-refractivity contribution is 6.04. The predicted octanol–water partition coefficient (Wildman–Crippen LogP) is 2.73. The Bertz CT molecular complexity index is 1080. The number of anilines is 2. The summed E-state index contributed by atoms with van der Waals surface area (Å²) in [6.07, 6.45) is 0.178. The monoisotopic (exact) mass is 359 g/mol. The van der Waals surface area contributed by atoms with E-state index in [2.05, 4.69) is 15.5 Å². The van der Waals surface area contributed by atoms with Gasteiger partial charge in [0.1, 0.15) is 6.07 Å². The number of aromatic nitrogens is 2. The van der Waals surface area contributed by atoms with E-state index in [9.17, 15) is 9.59 Å². The van der Waals surface area contributed by atoms with Crippen LogP contribution in [0.25, 0.3) is 10.9 Å². The smallest absolute Gasteiger partial charge is 0.229 e. The van der Waals surface area contributed by atoms with Gasteiger partial charge >= 0.3 is 0 Å². The van der Waals surface area contributed by atoms with Gasteiger partial charge in [0, 0.05) is 29.7 Å². The molecule has 1 atom stereocenters. The number of aryl methyl sites for hydroxylation is 1. The molecule has 0 saturated carbocycles. The summed E-state index contributed by atoms with van der Waals surface area (Å²) in [7, 11) is 0. The van der Waals surface area contributed by atoms with Crippen LogP contribution in [-0.2, 0) is 9.59 Å². The van der Waals surface area contributed by atoms with E-state index in [1.807, 2.05) is 37.3 Å². The molecule has 1 aliphatic rings. The molecule has 0 aliphatic carbocycles. The summed E-state index contributed by atoms with van der Waals surface area (Å²) in [5, 5.41) is 19.3. The Morgan fingerprint density at radius 1 is 1.30 bits per heavy atom. The highest BCUT2D eigenvalue weighted by Gasteiger charge is 2.35. The summed E-state index contributed by atoms with van der Waals surface area (Å²) >= 11 is 0. The highest BCUT2D eigenvalue weighted by Crippen LogP contribution is 2.27. The Hall–Kier alpha value is -3.66. The molecule has 2 amide bonds.